The SMILES string of the molecule is OCCC1CCCC1Nc1ccnc2cc(C(F)(F)F)ccc12. The van der Waals surface area contributed by atoms with Crippen molar-refractivity contribution in [1.29, 1.82) is 0 Å². The predicted molar refractivity (Wildman–Crippen MR) is 83.2 cm³/mol. The van der Waals surface area contributed by atoms with E-state index in [1.807, 2.05) is 0 Å². The van der Waals surface area contributed by atoms with Gasteiger partial charge >= 0.3 is 6.18 Å². The molecule has 1 fully saturated rings. The first-order valence-electron chi connectivity index (χ1n) is 7.82. The molecule has 0 bridgehead atoms. The average Bonchev–Trinajstić information content (AvgIpc) is 2.94. The van der Waals surface area contributed by atoms with Crippen LogP contribution in [0.15, 0.2) is 30.5 Å². The van der Waals surface area contributed by atoms with Crippen LogP contribution in [0.4, 0.5) is 18.9 Å². The molecule has 0 amide bonds. The van der Waals surface area contributed by atoms with Crippen LogP contribution in [0.1, 0.15) is 31.2 Å². The molecule has 1 aliphatic rings. The van der Waals surface area contributed by atoms with Gasteiger partial charge in [-0.25, -0.2) is 0 Å². The maximum atomic E-state index is 12.8. The molecule has 3 nitrogen and oxygen atoms in total. The Balaban J connectivity index is 1.89. The predicted octanol–water partition coefficient (Wildman–Crippen LogP) is 4.22. The van der Waals surface area contributed by atoms with E-state index in [2.05, 4.69) is 10.3 Å². The van der Waals surface area contributed by atoms with Gasteiger partial charge in [0.05, 0.1) is 11.1 Å². The standard InChI is InChI=1S/C17H19F3N2O/c18-17(19,20)12-4-5-13-15(6-8-21-16(13)10-12)22-14-3-1-2-11(14)7-9-23/h4-6,8,10-11,14,23H,1-3,7,9H2,(H,21,22). The Bertz CT molecular complexity index is 687. The highest BCUT2D eigenvalue weighted by Gasteiger charge is 2.31. The lowest BCUT2D eigenvalue weighted by Crippen LogP contribution is -2.24. The molecule has 1 heterocycles. The molecule has 23 heavy (non-hydrogen) atoms. The van der Waals surface area contributed by atoms with Crippen molar-refractivity contribution in [2.75, 3.05) is 11.9 Å². The number of alkyl halides is 3. The van der Waals surface area contributed by atoms with Crippen molar-refractivity contribution >= 4 is 16.6 Å². The van der Waals surface area contributed by atoms with E-state index in [-0.39, 0.29) is 12.6 Å². The van der Waals surface area contributed by atoms with Crippen molar-refractivity contribution in [3.05, 3.63) is 36.0 Å². The number of halogens is 3. The van der Waals surface area contributed by atoms with E-state index in [0.717, 1.165) is 43.5 Å². The van der Waals surface area contributed by atoms with E-state index in [0.29, 0.717) is 16.8 Å². The fraction of sp³-hybridized carbons (Fsp3) is 0.471. The molecule has 2 atom stereocenters. The minimum absolute atomic E-state index is 0.162. The number of rotatable bonds is 4. The summed E-state index contributed by atoms with van der Waals surface area (Å²) in [5.41, 5.74) is 0.453. The first-order chi connectivity index (χ1) is 11.0. The highest BCUT2D eigenvalue weighted by atomic mass is 19.4. The van der Waals surface area contributed by atoms with Gasteiger partial charge in [0.1, 0.15) is 0 Å². The molecule has 3 rings (SSSR count). The molecule has 1 aromatic heterocycles. The zero-order valence-electron chi connectivity index (χ0n) is 12.6. The summed E-state index contributed by atoms with van der Waals surface area (Å²) in [4.78, 5) is 4.07. The van der Waals surface area contributed by atoms with E-state index in [9.17, 15) is 13.2 Å². The van der Waals surface area contributed by atoms with Crippen LogP contribution in [-0.4, -0.2) is 22.7 Å². The first kappa shape index (κ1) is 16.1. The summed E-state index contributed by atoms with van der Waals surface area (Å²) >= 11 is 0. The van der Waals surface area contributed by atoms with Crippen LogP contribution >= 0.6 is 0 Å². The first-order valence-corrected chi connectivity index (χ1v) is 7.82. The number of hydrogen-bond acceptors (Lipinski definition) is 3. The van der Waals surface area contributed by atoms with Gasteiger partial charge in [-0.2, -0.15) is 13.2 Å². The van der Waals surface area contributed by atoms with Crippen molar-refractivity contribution in [2.45, 2.75) is 37.9 Å². The Labute approximate surface area is 132 Å². The number of aliphatic hydroxyl groups is 1. The van der Waals surface area contributed by atoms with E-state index in [1.54, 1.807) is 6.07 Å². The van der Waals surface area contributed by atoms with Crippen molar-refractivity contribution in [1.82, 2.24) is 4.98 Å². The lowest BCUT2D eigenvalue weighted by atomic mass is 9.99. The van der Waals surface area contributed by atoms with Crippen molar-refractivity contribution in [3.8, 4) is 0 Å². The average molecular weight is 324 g/mol. The van der Waals surface area contributed by atoms with Crippen LogP contribution in [0.25, 0.3) is 10.9 Å². The smallest absolute Gasteiger partial charge is 0.396 e. The summed E-state index contributed by atoms with van der Waals surface area (Å²) in [7, 11) is 0. The van der Waals surface area contributed by atoms with Crippen molar-refractivity contribution in [3.63, 3.8) is 0 Å². The molecule has 1 aliphatic carbocycles. The maximum Gasteiger partial charge on any atom is 0.416 e. The second kappa shape index (κ2) is 6.35. The fourth-order valence-corrected chi connectivity index (χ4v) is 3.39. The van der Waals surface area contributed by atoms with Gasteiger partial charge in [-0.3, -0.25) is 4.98 Å². The molecule has 2 unspecified atom stereocenters. The van der Waals surface area contributed by atoms with Gasteiger partial charge in [0.25, 0.3) is 0 Å². The summed E-state index contributed by atoms with van der Waals surface area (Å²) < 4.78 is 38.4. The van der Waals surface area contributed by atoms with Gasteiger partial charge in [0, 0.05) is 29.9 Å². The molecule has 0 radical (unpaired) electrons. The van der Waals surface area contributed by atoms with E-state index >= 15 is 0 Å². The molecule has 0 aliphatic heterocycles. The van der Waals surface area contributed by atoms with Crippen LogP contribution in [0.3, 0.4) is 0 Å². The largest absolute Gasteiger partial charge is 0.416 e. The summed E-state index contributed by atoms with van der Waals surface area (Å²) in [5, 5.41) is 13.3. The molecule has 0 saturated heterocycles. The van der Waals surface area contributed by atoms with Crippen LogP contribution in [0, 0.1) is 5.92 Å². The van der Waals surface area contributed by atoms with Crippen LogP contribution in [-0.2, 0) is 6.18 Å². The second-order valence-electron chi connectivity index (χ2n) is 6.04. The number of aliphatic hydroxyl groups excluding tert-OH is 1. The van der Waals surface area contributed by atoms with Crippen LogP contribution in [0.2, 0.25) is 0 Å². The Morgan fingerprint density at radius 3 is 2.78 bits per heavy atom. The Morgan fingerprint density at radius 2 is 2.04 bits per heavy atom. The molecule has 1 saturated carbocycles. The Kier molecular flexibility index (Phi) is 4.43. The third kappa shape index (κ3) is 3.42. The third-order valence-electron chi connectivity index (χ3n) is 4.57. The van der Waals surface area contributed by atoms with E-state index < -0.39 is 11.7 Å². The zero-order valence-corrected chi connectivity index (χ0v) is 12.6. The molecular formula is C17H19F3N2O. The summed E-state index contributed by atoms with van der Waals surface area (Å²) in [6, 6.07) is 5.69. The van der Waals surface area contributed by atoms with Gasteiger partial charge in [-0.1, -0.05) is 12.5 Å². The number of aromatic nitrogens is 1. The minimum atomic E-state index is -4.36. The van der Waals surface area contributed by atoms with Crippen molar-refractivity contribution in [2.24, 2.45) is 5.92 Å². The monoisotopic (exact) mass is 324 g/mol. The maximum absolute atomic E-state index is 12.8. The minimum Gasteiger partial charge on any atom is -0.396 e. The van der Waals surface area contributed by atoms with Gasteiger partial charge in [0.2, 0.25) is 0 Å². The highest BCUT2D eigenvalue weighted by molar-refractivity contribution is 5.91. The normalized spacial score (nSPS) is 21.7. The molecule has 2 N–H and O–H groups in total. The van der Waals surface area contributed by atoms with Gasteiger partial charge in [0.15, 0.2) is 0 Å². The Morgan fingerprint density at radius 1 is 1.22 bits per heavy atom. The lowest BCUT2D eigenvalue weighted by Gasteiger charge is -2.22. The summed E-state index contributed by atoms with van der Waals surface area (Å²) in [6.45, 7) is 0.162. The Hall–Kier alpha value is -1.82. The van der Waals surface area contributed by atoms with Gasteiger partial charge in [-0.15, -0.1) is 0 Å². The lowest BCUT2D eigenvalue weighted by molar-refractivity contribution is -0.137. The van der Waals surface area contributed by atoms with E-state index in [1.165, 1.54) is 12.3 Å². The highest BCUT2D eigenvalue weighted by Crippen LogP contribution is 2.35. The number of nitrogens with one attached hydrogen (secondary N) is 1. The summed E-state index contributed by atoms with van der Waals surface area (Å²) in [5.74, 6) is 0.401. The number of anilines is 1. The third-order valence-corrected chi connectivity index (χ3v) is 4.57. The molecule has 1 aromatic carbocycles. The number of fused-ring (bicyclic) bond motifs is 1. The van der Waals surface area contributed by atoms with Gasteiger partial charge < -0.3 is 10.4 Å². The van der Waals surface area contributed by atoms with E-state index in [4.69, 9.17) is 5.11 Å². The number of hydrogen-bond donors (Lipinski definition) is 2. The van der Waals surface area contributed by atoms with Crippen LogP contribution in [0.5, 0.6) is 0 Å². The fourth-order valence-electron chi connectivity index (χ4n) is 3.39. The number of nitrogens with zero attached hydrogens (tertiary/aromatic N) is 1. The summed E-state index contributed by atoms with van der Waals surface area (Å²) in [6.07, 6.45) is 1.09. The molecular weight excluding hydrogens is 305 g/mol. The van der Waals surface area contributed by atoms with Gasteiger partial charge in [-0.05, 0) is 43.4 Å². The van der Waals surface area contributed by atoms with Crippen molar-refractivity contribution < 1.29 is 18.3 Å². The molecule has 0 spiro atoms. The molecule has 6 heteroatoms. The quantitative estimate of drug-likeness (QED) is 0.885. The molecule has 124 valence electrons. The zero-order chi connectivity index (χ0) is 16.4. The number of benzene rings is 1. The number of pyridine rings is 1. The molecule has 2 aromatic rings. The topological polar surface area (TPSA) is 45.1 Å². The second-order valence-corrected chi connectivity index (χ2v) is 6.04. The van der Waals surface area contributed by atoms with Crippen LogP contribution < -0.4 is 5.32 Å².